The first-order chi connectivity index (χ1) is 42.3. The molecule has 86 heavy (non-hydrogen) atoms. The Morgan fingerprint density at radius 2 is 0.814 bits per heavy atom. The van der Waals surface area contributed by atoms with Crippen molar-refractivity contribution in [3.05, 3.63) is 200 Å². The molecule has 19 heteroatoms. The minimum atomic E-state index is 0.576. The molecule has 0 aliphatic carbocycles. The van der Waals surface area contributed by atoms with E-state index in [0.29, 0.717) is 17.8 Å². The molecule has 13 rings (SSSR count). The van der Waals surface area contributed by atoms with Gasteiger partial charge in [-0.3, -0.25) is 4.90 Å². The first-order valence-corrected chi connectivity index (χ1v) is 29.3. The van der Waals surface area contributed by atoms with Gasteiger partial charge in [-0.05, 0) is 154 Å². The van der Waals surface area contributed by atoms with E-state index >= 15 is 0 Å². The largest absolute Gasteiger partial charge is 0.379 e. The highest BCUT2D eigenvalue weighted by Gasteiger charge is 2.14. The molecule has 0 bridgehead atoms. The highest BCUT2D eigenvalue weighted by Crippen LogP contribution is 2.30. The Balaban J connectivity index is 0.000000134. The third kappa shape index (κ3) is 15.3. The zero-order valence-electron chi connectivity index (χ0n) is 49.1. The summed E-state index contributed by atoms with van der Waals surface area (Å²) in [4.78, 5) is 56.8. The molecule has 9 aromatic heterocycles. The van der Waals surface area contributed by atoms with Crippen LogP contribution in [0.15, 0.2) is 183 Å². The lowest BCUT2D eigenvalue weighted by atomic mass is 10.1. The van der Waals surface area contributed by atoms with Gasteiger partial charge in [0.15, 0.2) is 0 Å². The molecule has 12 aromatic rings. The smallest absolute Gasteiger partial charge is 0.227 e. The first-order valence-electron chi connectivity index (χ1n) is 29.3. The van der Waals surface area contributed by atoms with Crippen molar-refractivity contribution in [1.29, 1.82) is 0 Å². The molecule has 1 aliphatic heterocycles. The van der Waals surface area contributed by atoms with E-state index in [4.69, 9.17) is 9.72 Å². The summed E-state index contributed by atoms with van der Waals surface area (Å²) in [5.41, 5.74) is 15.1. The molecule has 1 aliphatic rings. The Morgan fingerprint density at radius 3 is 1.19 bits per heavy atom. The zero-order valence-corrected chi connectivity index (χ0v) is 49.1. The number of pyridine rings is 3. The van der Waals surface area contributed by atoms with Crippen molar-refractivity contribution in [1.82, 2.24) is 74.5 Å². The highest BCUT2D eigenvalue weighted by molar-refractivity contribution is 5.94. The van der Waals surface area contributed by atoms with Crippen molar-refractivity contribution in [3.63, 3.8) is 0 Å². The minimum absolute atomic E-state index is 0.576. The van der Waals surface area contributed by atoms with Crippen LogP contribution in [0.3, 0.4) is 0 Å². The van der Waals surface area contributed by atoms with Gasteiger partial charge in [-0.1, -0.05) is 50.2 Å². The Hall–Kier alpha value is -9.79. The van der Waals surface area contributed by atoms with Crippen LogP contribution >= 0.6 is 0 Å². The maximum absolute atomic E-state index is 5.41. The van der Waals surface area contributed by atoms with E-state index in [1.54, 1.807) is 37.2 Å². The number of benzene rings is 3. The second-order valence-corrected chi connectivity index (χ2v) is 21.1. The lowest BCUT2D eigenvalue weighted by Crippen LogP contribution is -2.37. The average Bonchev–Trinajstić information content (AvgIpc) is 3.78. The number of nitrogens with zero attached hydrogens (tertiary/aromatic N) is 12. The number of nitrogens with one attached hydrogen (secondary N) is 6. The minimum Gasteiger partial charge on any atom is -0.379 e. The normalized spacial score (nSPS) is 12.5. The summed E-state index contributed by atoms with van der Waals surface area (Å²) in [7, 11) is 4.17. The molecule has 0 spiro atoms. The fourth-order valence-corrected chi connectivity index (χ4v) is 10.2. The fourth-order valence-electron chi connectivity index (χ4n) is 10.2. The van der Waals surface area contributed by atoms with Crippen LogP contribution in [0.1, 0.15) is 30.5 Å². The molecule has 3 aromatic carbocycles. The molecule has 436 valence electrons. The van der Waals surface area contributed by atoms with Gasteiger partial charge in [-0.25, -0.2) is 44.9 Å². The molecule has 6 N–H and O–H groups in total. The van der Waals surface area contributed by atoms with Crippen molar-refractivity contribution in [2.75, 3.05) is 89.1 Å². The van der Waals surface area contributed by atoms with Crippen molar-refractivity contribution < 1.29 is 4.74 Å². The summed E-state index contributed by atoms with van der Waals surface area (Å²) in [5, 5.41) is 13.1. The second-order valence-electron chi connectivity index (χ2n) is 21.1. The second kappa shape index (κ2) is 28.7. The Kier molecular flexibility index (Phi) is 19.3. The number of hydrogen-bond acceptors (Lipinski definition) is 16. The molecule has 1 fully saturated rings. The van der Waals surface area contributed by atoms with Crippen LogP contribution in [0, 0.1) is 0 Å². The molecule has 10 heterocycles. The number of H-pyrrole nitrogens is 3. The van der Waals surface area contributed by atoms with Gasteiger partial charge >= 0.3 is 0 Å². The maximum Gasteiger partial charge on any atom is 0.227 e. The monoisotopic (exact) mass is 1140 g/mol. The average molecular weight is 1150 g/mol. The molecule has 0 unspecified atom stereocenters. The van der Waals surface area contributed by atoms with Crippen LogP contribution in [0.4, 0.5) is 34.9 Å². The van der Waals surface area contributed by atoms with Gasteiger partial charge in [0.25, 0.3) is 0 Å². The lowest BCUT2D eigenvalue weighted by molar-refractivity contribution is 0.0384. The Bertz CT molecular complexity index is 4060. The van der Waals surface area contributed by atoms with Crippen molar-refractivity contribution in [2.24, 2.45) is 0 Å². The van der Waals surface area contributed by atoms with E-state index in [0.717, 1.165) is 162 Å². The molecule has 0 atom stereocenters. The standard InChI is InChI=1S/C23H24N6O.C23H26N6.C21H22N6/c1-2-19-20(16-26-22(19)24-9-1)21-7-10-25-23(28-21)27-18-5-3-17(4-6-18)8-11-29-12-14-30-15-13-29;1-3-29(4-2)15-12-17-7-9-18(10-8-17)27-23-25-14-11-21(28-23)20-16-26-22-19(20)6-5-13-24-22;1-27(2)13-10-15-5-7-16(8-6-15)25-21-23-12-9-19(26-21)18-14-24-20-17(18)4-3-11-22-20/h1-7,9-10,16H,8,11-15H2,(H,24,26)(H,25,27,28);5-11,13-14,16H,3-4,12,15H2,1-2H3,(H,24,26)(H,25,27,28);3-9,11-12,14H,10,13H2,1-2H3,(H,22,24)(H,23,25,26). The van der Waals surface area contributed by atoms with E-state index in [1.807, 2.05) is 73.2 Å². The predicted octanol–water partition coefficient (Wildman–Crippen LogP) is 12.2. The van der Waals surface area contributed by atoms with Crippen LogP contribution < -0.4 is 16.0 Å². The lowest BCUT2D eigenvalue weighted by Gasteiger charge is -2.26. The summed E-state index contributed by atoms with van der Waals surface area (Å²) in [5.74, 6) is 1.73. The molecule has 19 nitrogen and oxygen atoms in total. The third-order valence-electron chi connectivity index (χ3n) is 15.1. The number of aromatic amines is 3. The van der Waals surface area contributed by atoms with Gasteiger partial charge in [0.05, 0.1) is 30.3 Å². The molecular formula is C67H72N18O. The van der Waals surface area contributed by atoms with Gasteiger partial charge in [-0.15, -0.1) is 0 Å². The third-order valence-corrected chi connectivity index (χ3v) is 15.1. The fraction of sp³-hybridized carbons (Fsp3) is 0.239. The number of hydrogen-bond donors (Lipinski definition) is 6. The zero-order chi connectivity index (χ0) is 58.9. The number of fused-ring (bicyclic) bond motifs is 3. The first kappa shape index (κ1) is 58.0. The number of ether oxygens (including phenoxy) is 1. The van der Waals surface area contributed by atoms with Crippen LogP contribution in [-0.2, 0) is 24.0 Å². The highest BCUT2D eigenvalue weighted by atomic mass is 16.5. The van der Waals surface area contributed by atoms with E-state index in [9.17, 15) is 0 Å². The quantitative estimate of drug-likeness (QED) is 0.0418. The predicted molar refractivity (Wildman–Crippen MR) is 345 cm³/mol. The summed E-state index contributed by atoms with van der Waals surface area (Å²) in [6.07, 6.45) is 19.6. The van der Waals surface area contributed by atoms with Crippen LogP contribution in [0.25, 0.3) is 66.9 Å². The molecular weight excluding hydrogens is 1070 g/mol. The summed E-state index contributed by atoms with van der Waals surface area (Å²) in [6.45, 7) is 13.5. The van der Waals surface area contributed by atoms with Crippen LogP contribution in [0.5, 0.6) is 0 Å². The number of likely N-dealkylation sites (N-methyl/N-ethyl adjacent to an activating group) is 2. The van der Waals surface area contributed by atoms with Crippen molar-refractivity contribution in [3.8, 4) is 33.8 Å². The van der Waals surface area contributed by atoms with Crippen LogP contribution in [0.2, 0.25) is 0 Å². The summed E-state index contributed by atoms with van der Waals surface area (Å²) < 4.78 is 5.41. The van der Waals surface area contributed by atoms with Gasteiger partial charge in [0.1, 0.15) is 16.9 Å². The SMILES string of the molecule is CCN(CC)CCc1ccc(Nc2nccc(-c3c[nH]c4ncccc34)n2)cc1.CN(C)CCc1ccc(Nc2nccc(-c3c[nH]c4ncccc34)n2)cc1.c1cnc2[nH]cc(-c3ccnc(Nc4ccc(CCN5CCOCC5)cc4)n3)c2c1. The molecule has 0 amide bonds. The number of anilines is 6. The van der Waals surface area contributed by atoms with Gasteiger partial charge in [0, 0.05) is 138 Å². The van der Waals surface area contributed by atoms with Gasteiger partial charge in [-0.2, -0.15) is 0 Å². The van der Waals surface area contributed by atoms with E-state index in [1.165, 1.54) is 16.7 Å². The van der Waals surface area contributed by atoms with Gasteiger partial charge in [0.2, 0.25) is 17.8 Å². The van der Waals surface area contributed by atoms with E-state index in [-0.39, 0.29) is 0 Å². The molecule has 1 saturated heterocycles. The van der Waals surface area contributed by atoms with E-state index in [2.05, 4.69) is 186 Å². The number of morpholine rings is 1. The maximum atomic E-state index is 5.41. The molecule has 0 radical (unpaired) electrons. The van der Waals surface area contributed by atoms with E-state index < -0.39 is 0 Å². The van der Waals surface area contributed by atoms with Gasteiger partial charge < -0.3 is 45.4 Å². The number of rotatable bonds is 20. The summed E-state index contributed by atoms with van der Waals surface area (Å²) in [6, 6.07) is 43.1. The van der Waals surface area contributed by atoms with Crippen LogP contribution in [-0.4, -0.2) is 148 Å². The van der Waals surface area contributed by atoms with Crippen molar-refractivity contribution >= 4 is 68.0 Å². The topological polar surface area (TPSA) is 218 Å². The van der Waals surface area contributed by atoms with Crippen molar-refractivity contribution in [2.45, 2.75) is 33.1 Å². The molecule has 0 saturated carbocycles. The Morgan fingerprint density at radius 1 is 0.442 bits per heavy atom. The number of aromatic nitrogens is 12. The Labute approximate surface area is 500 Å². The summed E-state index contributed by atoms with van der Waals surface area (Å²) >= 11 is 0.